The number of hydrogen-bond donors (Lipinski definition) is 0. The highest BCUT2D eigenvalue weighted by Gasteiger charge is 2.22. The quantitative estimate of drug-likeness (QED) is 0.779. The number of hydrogen-bond acceptors (Lipinski definition) is 4. The number of aromatic nitrogens is 3. The molecule has 2 rings (SSSR count). The van der Waals surface area contributed by atoms with Crippen molar-refractivity contribution in [2.24, 2.45) is 0 Å². The fourth-order valence-electron chi connectivity index (χ4n) is 2.32. The normalized spacial score (nSPS) is 17.2. The number of ether oxygens (including phenoxy) is 2. The predicted octanol–water partition coefficient (Wildman–Crippen LogP) is 2.12. The van der Waals surface area contributed by atoms with Crippen LogP contribution in [0.4, 0.5) is 0 Å². The van der Waals surface area contributed by atoms with E-state index >= 15 is 0 Å². The standard InChI is InChI=1S/C13H23N3O2/c1-3-4-7-16-13(11-5-8-18-9-6-11)14-12(15-16)10-17-2/h11H,3-10H2,1-2H3. The molecule has 1 fully saturated rings. The highest BCUT2D eigenvalue weighted by atomic mass is 16.5. The van der Waals surface area contributed by atoms with Crippen LogP contribution in [0.5, 0.6) is 0 Å². The Morgan fingerprint density at radius 1 is 1.39 bits per heavy atom. The van der Waals surface area contributed by atoms with E-state index in [2.05, 4.69) is 21.7 Å². The van der Waals surface area contributed by atoms with Crippen molar-refractivity contribution in [3.05, 3.63) is 11.6 Å². The fraction of sp³-hybridized carbons (Fsp3) is 0.846. The SMILES string of the molecule is CCCCn1nc(COC)nc1C1CCOCC1. The minimum atomic E-state index is 0.494. The summed E-state index contributed by atoms with van der Waals surface area (Å²) >= 11 is 0. The first-order valence-corrected chi connectivity index (χ1v) is 6.85. The Hall–Kier alpha value is -0.940. The van der Waals surface area contributed by atoms with E-state index in [0.717, 1.165) is 50.7 Å². The summed E-state index contributed by atoms with van der Waals surface area (Å²) in [5, 5.41) is 4.55. The molecule has 0 aromatic carbocycles. The van der Waals surface area contributed by atoms with Crippen LogP contribution in [0.1, 0.15) is 50.2 Å². The Morgan fingerprint density at radius 3 is 2.83 bits per heavy atom. The summed E-state index contributed by atoms with van der Waals surface area (Å²) in [7, 11) is 1.68. The number of methoxy groups -OCH3 is 1. The lowest BCUT2D eigenvalue weighted by molar-refractivity contribution is 0.0825. The van der Waals surface area contributed by atoms with Gasteiger partial charge in [0.25, 0.3) is 0 Å². The summed E-state index contributed by atoms with van der Waals surface area (Å²) in [5.74, 6) is 2.42. The van der Waals surface area contributed by atoms with Crippen LogP contribution in [-0.4, -0.2) is 35.1 Å². The third-order valence-electron chi connectivity index (χ3n) is 3.33. The van der Waals surface area contributed by atoms with Gasteiger partial charge in [0.1, 0.15) is 12.4 Å². The van der Waals surface area contributed by atoms with E-state index in [1.165, 1.54) is 6.42 Å². The van der Waals surface area contributed by atoms with E-state index in [-0.39, 0.29) is 0 Å². The Balaban J connectivity index is 2.13. The lowest BCUT2D eigenvalue weighted by atomic mass is 9.99. The van der Waals surface area contributed by atoms with Crippen molar-refractivity contribution in [1.29, 1.82) is 0 Å². The summed E-state index contributed by atoms with van der Waals surface area (Å²) in [6.07, 6.45) is 4.42. The van der Waals surface area contributed by atoms with E-state index in [4.69, 9.17) is 9.47 Å². The molecular formula is C13H23N3O2. The second kappa shape index (κ2) is 6.85. The molecule has 2 heterocycles. The lowest BCUT2D eigenvalue weighted by Crippen LogP contribution is -2.18. The molecular weight excluding hydrogens is 230 g/mol. The van der Waals surface area contributed by atoms with Gasteiger partial charge in [-0.1, -0.05) is 13.3 Å². The molecule has 1 saturated heterocycles. The first kappa shape index (κ1) is 13.5. The molecule has 0 radical (unpaired) electrons. The van der Waals surface area contributed by atoms with Crippen molar-refractivity contribution in [2.75, 3.05) is 20.3 Å². The molecule has 5 heteroatoms. The summed E-state index contributed by atoms with van der Waals surface area (Å²) < 4.78 is 12.6. The highest BCUT2D eigenvalue weighted by Crippen LogP contribution is 2.25. The topological polar surface area (TPSA) is 49.2 Å². The van der Waals surface area contributed by atoms with Gasteiger partial charge in [-0.15, -0.1) is 0 Å². The highest BCUT2D eigenvalue weighted by molar-refractivity contribution is 5.01. The molecule has 1 aliphatic rings. The zero-order valence-corrected chi connectivity index (χ0v) is 11.4. The molecule has 0 saturated carbocycles. The maximum atomic E-state index is 5.41. The van der Waals surface area contributed by atoms with Gasteiger partial charge < -0.3 is 9.47 Å². The van der Waals surface area contributed by atoms with Crippen molar-refractivity contribution in [3.63, 3.8) is 0 Å². The van der Waals surface area contributed by atoms with Gasteiger partial charge in [-0.3, -0.25) is 0 Å². The Labute approximate surface area is 108 Å². The molecule has 1 aliphatic heterocycles. The van der Waals surface area contributed by atoms with E-state index < -0.39 is 0 Å². The Morgan fingerprint density at radius 2 is 2.17 bits per heavy atom. The fourth-order valence-corrected chi connectivity index (χ4v) is 2.32. The van der Waals surface area contributed by atoms with Gasteiger partial charge in [-0.05, 0) is 19.3 Å². The third kappa shape index (κ3) is 3.29. The zero-order valence-electron chi connectivity index (χ0n) is 11.4. The summed E-state index contributed by atoms with van der Waals surface area (Å²) in [5.41, 5.74) is 0. The molecule has 0 bridgehead atoms. The van der Waals surface area contributed by atoms with Crippen LogP contribution in [0.25, 0.3) is 0 Å². The van der Waals surface area contributed by atoms with Crippen LogP contribution < -0.4 is 0 Å². The molecule has 0 spiro atoms. The van der Waals surface area contributed by atoms with Gasteiger partial charge in [-0.2, -0.15) is 5.10 Å². The van der Waals surface area contributed by atoms with E-state index in [1.54, 1.807) is 7.11 Å². The lowest BCUT2D eigenvalue weighted by Gasteiger charge is -2.21. The van der Waals surface area contributed by atoms with Crippen LogP contribution in [0.15, 0.2) is 0 Å². The number of rotatable bonds is 6. The monoisotopic (exact) mass is 253 g/mol. The first-order valence-electron chi connectivity index (χ1n) is 6.85. The van der Waals surface area contributed by atoms with E-state index in [1.807, 2.05) is 0 Å². The molecule has 0 atom stereocenters. The van der Waals surface area contributed by atoms with Gasteiger partial charge >= 0.3 is 0 Å². The maximum absolute atomic E-state index is 5.41. The zero-order chi connectivity index (χ0) is 12.8. The molecule has 0 aliphatic carbocycles. The van der Waals surface area contributed by atoms with Crippen LogP contribution >= 0.6 is 0 Å². The van der Waals surface area contributed by atoms with Crippen molar-refractivity contribution >= 4 is 0 Å². The molecule has 18 heavy (non-hydrogen) atoms. The van der Waals surface area contributed by atoms with Crippen LogP contribution in [-0.2, 0) is 22.6 Å². The van der Waals surface area contributed by atoms with Gasteiger partial charge in [-0.25, -0.2) is 9.67 Å². The first-order chi connectivity index (χ1) is 8.85. The number of nitrogens with zero attached hydrogens (tertiary/aromatic N) is 3. The van der Waals surface area contributed by atoms with Crippen LogP contribution in [0.2, 0.25) is 0 Å². The molecule has 0 amide bonds. The smallest absolute Gasteiger partial charge is 0.176 e. The Bertz CT molecular complexity index is 359. The molecule has 0 unspecified atom stereocenters. The summed E-state index contributed by atoms with van der Waals surface area (Å²) in [6.45, 7) is 5.33. The minimum absolute atomic E-state index is 0.494. The predicted molar refractivity (Wildman–Crippen MR) is 68.4 cm³/mol. The van der Waals surface area contributed by atoms with Gasteiger partial charge in [0.05, 0.1) is 0 Å². The second-order valence-electron chi connectivity index (χ2n) is 4.78. The molecule has 0 N–H and O–H groups in total. The van der Waals surface area contributed by atoms with Crippen LogP contribution in [0, 0.1) is 0 Å². The third-order valence-corrected chi connectivity index (χ3v) is 3.33. The van der Waals surface area contributed by atoms with E-state index in [0.29, 0.717) is 12.5 Å². The average molecular weight is 253 g/mol. The second-order valence-corrected chi connectivity index (χ2v) is 4.78. The van der Waals surface area contributed by atoms with Crippen LogP contribution in [0.3, 0.4) is 0 Å². The van der Waals surface area contributed by atoms with E-state index in [9.17, 15) is 0 Å². The minimum Gasteiger partial charge on any atom is -0.381 e. The number of unbranched alkanes of at least 4 members (excludes halogenated alkanes) is 1. The Kier molecular flexibility index (Phi) is 5.13. The summed E-state index contributed by atoms with van der Waals surface area (Å²) in [6, 6.07) is 0. The molecule has 1 aromatic rings. The molecule has 5 nitrogen and oxygen atoms in total. The van der Waals surface area contributed by atoms with Crippen molar-refractivity contribution in [1.82, 2.24) is 14.8 Å². The van der Waals surface area contributed by atoms with Gasteiger partial charge in [0, 0.05) is 32.8 Å². The largest absolute Gasteiger partial charge is 0.381 e. The molecule has 1 aromatic heterocycles. The van der Waals surface area contributed by atoms with Crippen molar-refractivity contribution in [2.45, 2.75) is 51.7 Å². The van der Waals surface area contributed by atoms with Crippen molar-refractivity contribution < 1.29 is 9.47 Å². The van der Waals surface area contributed by atoms with Gasteiger partial charge in [0.2, 0.25) is 0 Å². The molecule has 102 valence electrons. The average Bonchev–Trinajstić information content (AvgIpc) is 2.81. The summed E-state index contributed by atoms with van der Waals surface area (Å²) in [4.78, 5) is 4.65. The van der Waals surface area contributed by atoms with Crippen molar-refractivity contribution in [3.8, 4) is 0 Å². The number of aryl methyl sites for hydroxylation is 1. The maximum Gasteiger partial charge on any atom is 0.176 e. The van der Waals surface area contributed by atoms with Gasteiger partial charge in [0.15, 0.2) is 5.82 Å².